The fourth-order valence-electron chi connectivity index (χ4n) is 0.587. The van der Waals surface area contributed by atoms with Gasteiger partial charge in [-0.2, -0.15) is 0 Å². The van der Waals surface area contributed by atoms with Crippen LogP contribution in [0.25, 0.3) is 0 Å². The van der Waals surface area contributed by atoms with Gasteiger partial charge in [-0.15, -0.1) is 13.2 Å². The summed E-state index contributed by atoms with van der Waals surface area (Å²) in [5.41, 5.74) is 0. The summed E-state index contributed by atoms with van der Waals surface area (Å²) >= 11 is 0. The van der Waals surface area contributed by atoms with Gasteiger partial charge in [0.05, 0.1) is 0 Å². The quantitative estimate of drug-likeness (QED) is 0.457. The lowest BCUT2D eigenvalue weighted by atomic mass is 10.2. The molecule has 0 aliphatic rings. The van der Waals surface area contributed by atoms with Gasteiger partial charge in [-0.1, -0.05) is 12.2 Å². The van der Waals surface area contributed by atoms with Gasteiger partial charge < -0.3 is 14.6 Å². The fraction of sp³-hybridized carbons (Fsp3) is 0.500. The predicted molar refractivity (Wildman–Crippen MR) is 43.1 cm³/mol. The first-order valence-corrected chi connectivity index (χ1v) is 3.30. The minimum absolute atomic E-state index is 0.140. The normalized spacial score (nSPS) is 15.5. The van der Waals surface area contributed by atoms with Crippen molar-refractivity contribution in [2.24, 2.45) is 0 Å². The van der Waals surface area contributed by atoms with E-state index in [2.05, 4.69) is 17.9 Å². The Morgan fingerprint density at radius 3 is 2.45 bits per heavy atom. The van der Waals surface area contributed by atoms with Crippen molar-refractivity contribution in [3.05, 3.63) is 25.3 Å². The van der Waals surface area contributed by atoms with Gasteiger partial charge in [0.2, 0.25) is 0 Å². The minimum Gasteiger partial charge on any atom is -0.386 e. The minimum atomic E-state index is -0.720. The van der Waals surface area contributed by atoms with E-state index in [1.54, 1.807) is 0 Å². The summed E-state index contributed by atoms with van der Waals surface area (Å²) in [6, 6.07) is 0. The number of ether oxygens (including phenoxy) is 2. The first-order chi connectivity index (χ1) is 5.26. The van der Waals surface area contributed by atoms with Gasteiger partial charge in [-0.25, -0.2) is 0 Å². The van der Waals surface area contributed by atoms with Crippen molar-refractivity contribution in [2.75, 3.05) is 13.9 Å². The van der Waals surface area contributed by atoms with Gasteiger partial charge >= 0.3 is 0 Å². The molecule has 0 aromatic carbocycles. The molecule has 0 saturated carbocycles. The van der Waals surface area contributed by atoms with Crippen LogP contribution in [0.1, 0.15) is 0 Å². The molecule has 0 aromatic heterocycles. The van der Waals surface area contributed by atoms with E-state index < -0.39 is 12.2 Å². The van der Waals surface area contributed by atoms with Crippen molar-refractivity contribution in [3.63, 3.8) is 0 Å². The summed E-state index contributed by atoms with van der Waals surface area (Å²) in [7, 11) is 1.51. The van der Waals surface area contributed by atoms with Crippen LogP contribution in [0.15, 0.2) is 25.3 Å². The third-order valence-corrected chi connectivity index (χ3v) is 1.19. The molecule has 0 fully saturated rings. The highest BCUT2D eigenvalue weighted by Gasteiger charge is 2.11. The Labute approximate surface area is 66.9 Å². The lowest BCUT2D eigenvalue weighted by Crippen LogP contribution is -2.25. The highest BCUT2D eigenvalue weighted by Crippen LogP contribution is 2.01. The predicted octanol–water partition coefficient (Wildman–Crippen LogP) is 0.708. The van der Waals surface area contributed by atoms with Crippen molar-refractivity contribution in [2.45, 2.75) is 12.2 Å². The number of rotatable bonds is 6. The van der Waals surface area contributed by atoms with E-state index in [0.717, 1.165) is 0 Å². The molecule has 0 radical (unpaired) electrons. The average Bonchev–Trinajstić information content (AvgIpc) is 2.05. The summed E-state index contributed by atoms with van der Waals surface area (Å²) in [5.74, 6) is 0. The van der Waals surface area contributed by atoms with E-state index in [1.807, 2.05) is 0 Å². The van der Waals surface area contributed by atoms with Gasteiger partial charge in [0.25, 0.3) is 0 Å². The first-order valence-electron chi connectivity index (χ1n) is 3.30. The molecular weight excluding hydrogens is 144 g/mol. The van der Waals surface area contributed by atoms with Crippen LogP contribution in [0.3, 0.4) is 0 Å². The van der Waals surface area contributed by atoms with Gasteiger partial charge in [-0.05, 0) is 0 Å². The smallest absolute Gasteiger partial charge is 0.147 e. The lowest BCUT2D eigenvalue weighted by molar-refractivity contribution is -0.0831. The van der Waals surface area contributed by atoms with Gasteiger partial charge in [0.15, 0.2) is 0 Å². The van der Waals surface area contributed by atoms with Crippen LogP contribution in [-0.2, 0) is 9.47 Å². The van der Waals surface area contributed by atoms with E-state index in [1.165, 1.54) is 19.3 Å². The molecule has 1 N–H and O–H groups in total. The van der Waals surface area contributed by atoms with E-state index in [0.29, 0.717) is 0 Å². The van der Waals surface area contributed by atoms with Gasteiger partial charge in [0.1, 0.15) is 19.0 Å². The highest BCUT2D eigenvalue weighted by atomic mass is 16.7. The van der Waals surface area contributed by atoms with E-state index in [4.69, 9.17) is 4.74 Å². The van der Waals surface area contributed by atoms with Crippen molar-refractivity contribution in [1.29, 1.82) is 0 Å². The number of hydrogen-bond donors (Lipinski definition) is 1. The van der Waals surface area contributed by atoms with Crippen molar-refractivity contribution < 1.29 is 14.6 Å². The van der Waals surface area contributed by atoms with Crippen LogP contribution >= 0.6 is 0 Å². The summed E-state index contributed by atoms with van der Waals surface area (Å²) in [6.07, 6.45) is 1.74. The molecule has 11 heavy (non-hydrogen) atoms. The molecule has 2 atom stereocenters. The molecule has 0 aliphatic carbocycles. The van der Waals surface area contributed by atoms with Crippen LogP contribution in [-0.4, -0.2) is 31.2 Å². The molecule has 0 spiro atoms. The fourth-order valence-corrected chi connectivity index (χ4v) is 0.587. The SMILES string of the molecule is C=C[C@@H](O)[C@@H](C=C)OCOC. The molecule has 0 unspecified atom stereocenters. The zero-order valence-corrected chi connectivity index (χ0v) is 6.69. The largest absolute Gasteiger partial charge is 0.386 e. The molecule has 0 aliphatic heterocycles. The lowest BCUT2D eigenvalue weighted by Gasteiger charge is -2.15. The Kier molecular flexibility index (Phi) is 5.74. The van der Waals surface area contributed by atoms with Crippen molar-refractivity contribution in [3.8, 4) is 0 Å². The number of aliphatic hydroxyl groups excluding tert-OH is 1. The third-order valence-electron chi connectivity index (χ3n) is 1.19. The molecular formula is C8H14O3. The summed E-state index contributed by atoms with van der Waals surface area (Å²) in [6.45, 7) is 7.05. The molecule has 3 heteroatoms. The van der Waals surface area contributed by atoms with Crippen LogP contribution in [0.2, 0.25) is 0 Å². The molecule has 0 rings (SSSR count). The zero-order valence-electron chi connectivity index (χ0n) is 6.69. The van der Waals surface area contributed by atoms with E-state index >= 15 is 0 Å². The van der Waals surface area contributed by atoms with E-state index in [9.17, 15) is 5.11 Å². The summed E-state index contributed by atoms with van der Waals surface area (Å²) in [4.78, 5) is 0. The van der Waals surface area contributed by atoms with Gasteiger partial charge in [0, 0.05) is 7.11 Å². The molecule has 0 aromatic rings. The molecule has 3 nitrogen and oxygen atoms in total. The molecule has 0 amide bonds. The maximum Gasteiger partial charge on any atom is 0.147 e. The molecule has 0 saturated heterocycles. The maximum atomic E-state index is 9.17. The highest BCUT2D eigenvalue weighted by molar-refractivity contribution is 4.94. The van der Waals surface area contributed by atoms with Gasteiger partial charge in [-0.3, -0.25) is 0 Å². The Hall–Kier alpha value is -0.640. The van der Waals surface area contributed by atoms with Crippen molar-refractivity contribution in [1.82, 2.24) is 0 Å². The summed E-state index contributed by atoms with van der Waals surface area (Å²) in [5, 5.41) is 9.17. The second-order valence-corrected chi connectivity index (χ2v) is 2.00. The van der Waals surface area contributed by atoms with E-state index in [-0.39, 0.29) is 6.79 Å². The standard InChI is InChI=1S/C8H14O3/c1-4-7(9)8(5-2)11-6-10-3/h4-5,7-9H,1-2,6H2,3H3/t7-,8-/m1/s1. The van der Waals surface area contributed by atoms with Crippen molar-refractivity contribution >= 4 is 0 Å². The maximum absolute atomic E-state index is 9.17. The molecule has 64 valence electrons. The average molecular weight is 158 g/mol. The Bertz CT molecular complexity index is 123. The number of methoxy groups -OCH3 is 1. The molecule has 0 bridgehead atoms. The zero-order chi connectivity index (χ0) is 8.69. The van der Waals surface area contributed by atoms with Crippen LogP contribution in [0, 0.1) is 0 Å². The Balaban J connectivity index is 3.73. The Morgan fingerprint density at radius 1 is 1.45 bits per heavy atom. The number of aliphatic hydroxyl groups is 1. The Morgan fingerprint density at radius 2 is 2.09 bits per heavy atom. The first kappa shape index (κ1) is 10.4. The second kappa shape index (κ2) is 6.09. The molecule has 0 heterocycles. The number of hydrogen-bond acceptors (Lipinski definition) is 3. The van der Waals surface area contributed by atoms with Crippen LogP contribution < -0.4 is 0 Å². The third kappa shape index (κ3) is 3.93. The topological polar surface area (TPSA) is 38.7 Å². The van der Waals surface area contributed by atoms with Crippen LogP contribution in [0.4, 0.5) is 0 Å². The summed E-state index contributed by atoms with van der Waals surface area (Å²) < 4.78 is 9.68. The van der Waals surface area contributed by atoms with Crippen LogP contribution in [0.5, 0.6) is 0 Å². The second-order valence-electron chi connectivity index (χ2n) is 2.00. The monoisotopic (exact) mass is 158 g/mol.